The predicted molar refractivity (Wildman–Crippen MR) is 44.0 cm³/mol. The maximum Gasteiger partial charge on any atom is 0.163 e. The van der Waals surface area contributed by atoms with Crippen LogP contribution in [0.2, 0.25) is 0 Å². The fourth-order valence-electron chi connectivity index (χ4n) is 0.364. The second-order valence-corrected chi connectivity index (χ2v) is 3.63. The Morgan fingerprint density at radius 2 is 2.00 bits per heavy atom. The van der Waals surface area contributed by atoms with E-state index in [-0.39, 0.29) is 10.8 Å². The fraction of sp³-hybridized carbons (Fsp3) is 0.500. The average molecular weight is 172 g/mol. The molecule has 0 aromatic carbocycles. The van der Waals surface area contributed by atoms with Gasteiger partial charge in [-0.3, -0.25) is 4.79 Å². The lowest BCUT2D eigenvalue weighted by molar-refractivity contribution is -0.121. The second kappa shape index (κ2) is 3.54. The minimum atomic E-state index is -0.461. The van der Waals surface area contributed by atoms with Crippen molar-refractivity contribution in [3.63, 3.8) is 0 Å². The Morgan fingerprint density at radius 3 is 2.27 bits per heavy atom. The molecule has 11 heavy (non-hydrogen) atoms. The van der Waals surface area contributed by atoms with Crippen LogP contribution >= 0.6 is 11.6 Å². The van der Waals surface area contributed by atoms with E-state index in [4.69, 9.17) is 16.9 Å². The lowest BCUT2D eigenvalue weighted by Crippen LogP contribution is -2.17. The molecule has 0 N–H and O–H groups in total. The summed E-state index contributed by atoms with van der Waals surface area (Å²) in [5.41, 5.74) is -0.461. The Bertz CT molecular complexity index is 229. The second-order valence-electron chi connectivity index (χ2n) is 3.22. The maximum atomic E-state index is 11.1. The number of hydrogen-bond acceptors (Lipinski definition) is 2. The Hall–Kier alpha value is -0.810. The Balaban J connectivity index is 4.46. The minimum Gasteiger partial charge on any atom is -0.294 e. The predicted octanol–water partition coefficient (Wildman–Crippen LogP) is 2.25. The zero-order chi connectivity index (χ0) is 9.07. The van der Waals surface area contributed by atoms with E-state index < -0.39 is 5.41 Å². The monoisotopic (exact) mass is 171 g/mol. The van der Waals surface area contributed by atoms with Crippen molar-refractivity contribution >= 4 is 17.4 Å². The van der Waals surface area contributed by atoms with Crippen molar-refractivity contribution in [2.45, 2.75) is 20.8 Å². The van der Waals surface area contributed by atoms with Gasteiger partial charge in [0.25, 0.3) is 0 Å². The quantitative estimate of drug-likeness (QED) is 0.449. The van der Waals surface area contributed by atoms with Gasteiger partial charge in [0.2, 0.25) is 0 Å². The first-order valence-electron chi connectivity index (χ1n) is 3.19. The SMILES string of the molecule is CC(C)(C)C(=O)/C=C(\Cl)C#N. The first-order valence-corrected chi connectivity index (χ1v) is 3.57. The van der Waals surface area contributed by atoms with Crippen LogP contribution in [0.15, 0.2) is 11.1 Å². The van der Waals surface area contributed by atoms with Crippen molar-refractivity contribution in [1.29, 1.82) is 5.26 Å². The molecule has 60 valence electrons. The molecule has 0 atom stereocenters. The lowest BCUT2D eigenvalue weighted by atomic mass is 9.91. The van der Waals surface area contributed by atoms with Crippen LogP contribution in [-0.4, -0.2) is 5.78 Å². The molecule has 0 aromatic rings. The highest BCUT2D eigenvalue weighted by Crippen LogP contribution is 2.16. The molecule has 0 spiro atoms. The van der Waals surface area contributed by atoms with Gasteiger partial charge in [0, 0.05) is 11.5 Å². The zero-order valence-corrected chi connectivity index (χ0v) is 7.57. The van der Waals surface area contributed by atoms with Gasteiger partial charge < -0.3 is 0 Å². The molecule has 0 amide bonds. The summed E-state index contributed by atoms with van der Waals surface area (Å²) in [4.78, 5) is 11.1. The van der Waals surface area contributed by atoms with Gasteiger partial charge in [0.05, 0.1) is 0 Å². The molecule has 0 saturated heterocycles. The van der Waals surface area contributed by atoms with Crippen LogP contribution in [0.4, 0.5) is 0 Å². The van der Waals surface area contributed by atoms with Gasteiger partial charge >= 0.3 is 0 Å². The number of rotatable bonds is 1. The van der Waals surface area contributed by atoms with E-state index >= 15 is 0 Å². The molecular weight excluding hydrogens is 162 g/mol. The summed E-state index contributed by atoms with van der Waals surface area (Å²) in [6.45, 7) is 5.31. The number of halogens is 1. The summed E-state index contributed by atoms with van der Waals surface area (Å²) in [5.74, 6) is -0.135. The van der Waals surface area contributed by atoms with Gasteiger partial charge in [-0.05, 0) is 0 Å². The normalized spacial score (nSPS) is 12.5. The highest BCUT2D eigenvalue weighted by atomic mass is 35.5. The van der Waals surface area contributed by atoms with E-state index in [9.17, 15) is 4.79 Å². The third kappa shape index (κ3) is 3.79. The smallest absolute Gasteiger partial charge is 0.163 e. The van der Waals surface area contributed by atoms with E-state index in [1.807, 2.05) is 0 Å². The molecule has 0 unspecified atom stereocenters. The topological polar surface area (TPSA) is 40.9 Å². The number of ketones is 1. The number of carbonyl (C=O) groups is 1. The van der Waals surface area contributed by atoms with Gasteiger partial charge in [-0.2, -0.15) is 5.26 Å². The summed E-state index contributed by atoms with van der Waals surface area (Å²) >= 11 is 5.35. The van der Waals surface area contributed by atoms with Crippen molar-refractivity contribution in [1.82, 2.24) is 0 Å². The summed E-state index contributed by atoms with van der Waals surface area (Å²) in [7, 11) is 0. The third-order valence-corrected chi connectivity index (χ3v) is 1.30. The Labute approximate surface area is 71.5 Å². The zero-order valence-electron chi connectivity index (χ0n) is 6.81. The van der Waals surface area contributed by atoms with Gasteiger partial charge in [0.15, 0.2) is 5.78 Å². The van der Waals surface area contributed by atoms with E-state index in [2.05, 4.69) is 0 Å². The summed E-state index contributed by atoms with van der Waals surface area (Å²) < 4.78 is 0. The number of hydrogen-bond donors (Lipinski definition) is 0. The van der Waals surface area contributed by atoms with Crippen LogP contribution < -0.4 is 0 Å². The standard InChI is InChI=1S/C8H10ClNO/c1-8(2,3)7(11)4-6(9)5-10/h4H,1-3H3/b6-4-. The van der Waals surface area contributed by atoms with Crippen LogP contribution in [0.5, 0.6) is 0 Å². The van der Waals surface area contributed by atoms with Gasteiger partial charge in [0.1, 0.15) is 11.1 Å². The average Bonchev–Trinajstić information content (AvgIpc) is 1.85. The van der Waals surface area contributed by atoms with Crippen LogP contribution in [0.25, 0.3) is 0 Å². The van der Waals surface area contributed by atoms with Gasteiger partial charge in [-0.15, -0.1) is 0 Å². The third-order valence-electron chi connectivity index (χ3n) is 1.10. The van der Waals surface area contributed by atoms with E-state index in [1.54, 1.807) is 26.8 Å². The molecule has 2 nitrogen and oxygen atoms in total. The number of nitriles is 1. The lowest BCUT2D eigenvalue weighted by Gasteiger charge is -2.12. The molecule has 0 aromatic heterocycles. The molecule has 0 aliphatic carbocycles. The highest BCUT2D eigenvalue weighted by molar-refractivity contribution is 6.33. The van der Waals surface area contributed by atoms with Crippen LogP contribution in [0.1, 0.15) is 20.8 Å². The molecular formula is C8H10ClNO. The van der Waals surface area contributed by atoms with Crippen LogP contribution in [-0.2, 0) is 4.79 Å². The summed E-state index contributed by atoms with van der Waals surface area (Å²) in [6.07, 6.45) is 1.15. The number of carbonyl (C=O) groups excluding carboxylic acids is 1. The maximum absolute atomic E-state index is 11.1. The molecule has 0 rings (SSSR count). The van der Waals surface area contributed by atoms with E-state index in [1.165, 1.54) is 0 Å². The molecule has 0 saturated carbocycles. The molecule has 0 fully saturated rings. The van der Waals surface area contributed by atoms with Crippen LogP contribution in [0, 0.1) is 16.7 Å². The van der Waals surface area contributed by atoms with Crippen molar-refractivity contribution < 1.29 is 4.79 Å². The summed E-state index contributed by atoms with van der Waals surface area (Å²) in [5, 5.41) is 8.18. The number of nitrogens with zero attached hydrogens (tertiary/aromatic N) is 1. The number of allylic oxidation sites excluding steroid dienone is 2. The molecule has 3 heteroatoms. The molecule has 0 aliphatic rings. The molecule has 0 bridgehead atoms. The fourth-order valence-corrected chi connectivity index (χ4v) is 0.463. The van der Waals surface area contributed by atoms with Gasteiger partial charge in [-0.25, -0.2) is 0 Å². The van der Waals surface area contributed by atoms with Crippen molar-refractivity contribution in [2.75, 3.05) is 0 Å². The van der Waals surface area contributed by atoms with Gasteiger partial charge in [-0.1, -0.05) is 32.4 Å². The first-order chi connectivity index (χ1) is 4.88. The summed E-state index contributed by atoms with van der Waals surface area (Å²) in [6, 6.07) is 1.67. The van der Waals surface area contributed by atoms with Crippen molar-refractivity contribution in [3.05, 3.63) is 11.1 Å². The Kier molecular flexibility index (Phi) is 3.28. The highest BCUT2D eigenvalue weighted by Gasteiger charge is 2.18. The Morgan fingerprint density at radius 1 is 1.55 bits per heavy atom. The molecule has 0 heterocycles. The molecule has 0 radical (unpaired) electrons. The van der Waals surface area contributed by atoms with E-state index in [0.29, 0.717) is 0 Å². The first kappa shape index (κ1) is 10.2. The van der Waals surface area contributed by atoms with E-state index in [0.717, 1.165) is 6.08 Å². The minimum absolute atomic E-state index is 0.0649. The largest absolute Gasteiger partial charge is 0.294 e. The van der Waals surface area contributed by atoms with Crippen molar-refractivity contribution in [3.8, 4) is 6.07 Å². The molecule has 0 aliphatic heterocycles. The van der Waals surface area contributed by atoms with Crippen molar-refractivity contribution in [2.24, 2.45) is 5.41 Å². The van der Waals surface area contributed by atoms with Crippen LogP contribution in [0.3, 0.4) is 0 Å².